The van der Waals surface area contributed by atoms with E-state index in [-0.39, 0.29) is 49.5 Å². The van der Waals surface area contributed by atoms with Gasteiger partial charge in [-0.25, -0.2) is 13.9 Å². The topological polar surface area (TPSA) is 142 Å². The molecule has 51 heavy (non-hydrogen) atoms. The number of rotatable bonds is 9. The minimum absolute atomic E-state index is 0.0834. The molecule has 0 unspecified atom stereocenters. The van der Waals surface area contributed by atoms with E-state index >= 15 is 4.39 Å². The number of nitrogens with one attached hydrogen (secondary N) is 1. The fourth-order valence-corrected chi connectivity index (χ4v) is 8.91. The maximum absolute atomic E-state index is 16.3. The van der Waals surface area contributed by atoms with Gasteiger partial charge < -0.3 is 23.7 Å². The highest BCUT2D eigenvalue weighted by molar-refractivity contribution is 7.87. The molecule has 1 aromatic heterocycles. The van der Waals surface area contributed by atoms with Gasteiger partial charge in [0, 0.05) is 63.5 Å². The highest BCUT2D eigenvalue weighted by Crippen LogP contribution is 2.34. The Morgan fingerprint density at radius 1 is 0.980 bits per heavy atom. The molecule has 3 aromatic rings. The van der Waals surface area contributed by atoms with E-state index in [1.165, 1.54) is 21.3 Å². The third-order valence-corrected chi connectivity index (χ3v) is 12.1. The van der Waals surface area contributed by atoms with Crippen LogP contribution in [0.15, 0.2) is 39.5 Å². The van der Waals surface area contributed by atoms with E-state index in [4.69, 9.17) is 13.9 Å². The number of benzene rings is 2. The van der Waals surface area contributed by atoms with E-state index in [1.807, 2.05) is 22.9 Å². The maximum Gasteiger partial charge on any atom is 0.341 e. The Balaban J connectivity index is 1.13. The SMILES string of the molecule is COC[C@H]1CN(c2ccc3c4c(c(=O)oc3c2)CN(C(=O)c2ccc(C(=O)NS(=O)(=O)N3CCCC3)c(OC3CCCC3)c2F)CC4)CCN1C. The number of nitrogens with zero attached hydrogens (tertiary/aromatic N) is 4. The highest BCUT2D eigenvalue weighted by Gasteiger charge is 2.34. The summed E-state index contributed by atoms with van der Waals surface area (Å²) >= 11 is 0. The van der Waals surface area contributed by atoms with Crippen molar-refractivity contribution in [2.75, 3.05) is 64.9 Å². The van der Waals surface area contributed by atoms with Crippen LogP contribution >= 0.6 is 0 Å². The summed E-state index contributed by atoms with van der Waals surface area (Å²) in [6.45, 7) is 3.79. The molecular formula is C36H44FN5O8S. The lowest BCUT2D eigenvalue weighted by Gasteiger charge is -2.40. The summed E-state index contributed by atoms with van der Waals surface area (Å²) < 4.78 is 62.4. The number of hydrogen-bond donors (Lipinski definition) is 1. The van der Waals surface area contributed by atoms with Gasteiger partial charge in [0.2, 0.25) is 0 Å². The van der Waals surface area contributed by atoms with Gasteiger partial charge >= 0.3 is 15.8 Å². The second-order valence-corrected chi connectivity index (χ2v) is 15.6. The van der Waals surface area contributed by atoms with Gasteiger partial charge in [0.1, 0.15) is 5.58 Å². The number of methoxy groups -OCH3 is 1. The number of halogens is 1. The van der Waals surface area contributed by atoms with Crippen molar-refractivity contribution in [2.24, 2.45) is 0 Å². The molecule has 2 saturated heterocycles. The molecule has 3 aliphatic heterocycles. The molecule has 1 saturated carbocycles. The fraction of sp³-hybridized carbons (Fsp3) is 0.528. The molecule has 0 spiro atoms. The lowest BCUT2D eigenvalue weighted by atomic mass is 9.96. The van der Waals surface area contributed by atoms with E-state index in [0.29, 0.717) is 49.9 Å². The average Bonchev–Trinajstić information content (AvgIpc) is 3.85. The third-order valence-electron chi connectivity index (χ3n) is 10.7. The van der Waals surface area contributed by atoms with E-state index in [0.717, 1.165) is 49.1 Å². The summed E-state index contributed by atoms with van der Waals surface area (Å²) in [4.78, 5) is 46.4. The molecule has 0 radical (unpaired) electrons. The van der Waals surface area contributed by atoms with Crippen LogP contribution in [0.4, 0.5) is 10.1 Å². The molecule has 4 heterocycles. The van der Waals surface area contributed by atoms with Gasteiger partial charge in [-0.3, -0.25) is 14.5 Å². The van der Waals surface area contributed by atoms with Gasteiger partial charge in [0.25, 0.3) is 11.8 Å². The number of hydrogen-bond acceptors (Lipinski definition) is 10. The fourth-order valence-electron chi connectivity index (χ4n) is 7.70. The Hall–Kier alpha value is -4.05. The van der Waals surface area contributed by atoms with Crippen molar-refractivity contribution in [3.63, 3.8) is 0 Å². The Labute approximate surface area is 296 Å². The van der Waals surface area contributed by atoms with E-state index in [9.17, 15) is 22.8 Å². The molecule has 1 aliphatic carbocycles. The number of ether oxygens (including phenoxy) is 2. The summed E-state index contributed by atoms with van der Waals surface area (Å²) in [5.41, 5.74) is 1.35. The van der Waals surface area contributed by atoms with Gasteiger partial charge in [0.05, 0.1) is 42.0 Å². The number of fused-ring (bicyclic) bond motifs is 3. The van der Waals surface area contributed by atoms with Crippen molar-refractivity contribution in [2.45, 2.75) is 63.6 Å². The van der Waals surface area contributed by atoms with Crippen molar-refractivity contribution in [1.29, 1.82) is 0 Å². The Morgan fingerprint density at radius 2 is 1.73 bits per heavy atom. The lowest BCUT2D eigenvalue weighted by Crippen LogP contribution is -2.53. The number of anilines is 1. The van der Waals surface area contributed by atoms with Gasteiger partial charge in [-0.15, -0.1) is 0 Å². The van der Waals surface area contributed by atoms with Crippen LogP contribution < -0.4 is 20.0 Å². The van der Waals surface area contributed by atoms with E-state index in [2.05, 4.69) is 16.8 Å². The smallest absolute Gasteiger partial charge is 0.341 e. The summed E-state index contributed by atoms with van der Waals surface area (Å²) in [7, 11) is -0.364. The molecule has 0 bridgehead atoms. The van der Waals surface area contributed by atoms with Crippen molar-refractivity contribution < 1.29 is 36.3 Å². The summed E-state index contributed by atoms with van der Waals surface area (Å²) in [6, 6.07) is 8.49. The van der Waals surface area contributed by atoms with Gasteiger partial charge in [0.15, 0.2) is 11.6 Å². The normalized spacial score (nSPS) is 20.6. The monoisotopic (exact) mass is 725 g/mol. The first-order chi connectivity index (χ1) is 24.5. The van der Waals surface area contributed by atoms with Crippen LogP contribution in [-0.2, 0) is 27.9 Å². The Kier molecular flexibility index (Phi) is 10.1. The highest BCUT2D eigenvalue weighted by atomic mass is 32.2. The first-order valence-corrected chi connectivity index (χ1v) is 19.1. The molecule has 2 aromatic carbocycles. The van der Waals surface area contributed by atoms with Crippen molar-refractivity contribution in [3.05, 3.63) is 68.8 Å². The molecule has 4 aliphatic rings. The first kappa shape index (κ1) is 35.4. The number of likely N-dealkylation sites (N-methyl/N-ethyl adjacent to an activating group) is 1. The summed E-state index contributed by atoms with van der Waals surface area (Å²) in [6.07, 6.45) is 4.36. The van der Waals surface area contributed by atoms with Gasteiger partial charge in [-0.05, 0) is 81.8 Å². The minimum Gasteiger partial charge on any atom is -0.486 e. The van der Waals surface area contributed by atoms with Crippen LogP contribution in [-0.4, -0.2) is 107 Å². The number of carbonyl (C=O) groups excluding carboxylic acids is 2. The summed E-state index contributed by atoms with van der Waals surface area (Å²) in [5.74, 6) is -3.20. The molecule has 15 heteroatoms. The third kappa shape index (κ3) is 7.08. The molecule has 274 valence electrons. The van der Waals surface area contributed by atoms with E-state index in [1.54, 1.807) is 7.11 Å². The molecular weight excluding hydrogens is 681 g/mol. The van der Waals surface area contributed by atoms with Crippen molar-refractivity contribution in [1.82, 2.24) is 18.8 Å². The van der Waals surface area contributed by atoms with Crippen LogP contribution in [0.1, 0.15) is 70.4 Å². The molecule has 13 nitrogen and oxygen atoms in total. The standard InChI is InChI=1S/C36H44FN5O8S/c1-39-17-18-40(20-24(39)22-48-2)23-9-10-27-26-13-16-41(21-30(26)36(45)50-31(27)19-23)35(44)28-11-12-29(33(32(28)37)49-25-7-3-4-8-25)34(43)38-51(46,47)42-14-5-6-15-42/h9-12,19,24-25H,3-8,13-18,20-22H2,1-2H3,(H,38,43)/t24-/m1/s1. The van der Waals surface area contributed by atoms with Gasteiger partial charge in [-0.2, -0.15) is 12.7 Å². The molecule has 1 atom stereocenters. The van der Waals surface area contributed by atoms with Crippen LogP contribution in [0.25, 0.3) is 11.0 Å². The van der Waals surface area contributed by atoms with Crippen LogP contribution in [0.5, 0.6) is 5.75 Å². The summed E-state index contributed by atoms with van der Waals surface area (Å²) in [5, 5.41) is 0.792. The molecule has 2 amide bonds. The largest absolute Gasteiger partial charge is 0.486 e. The second-order valence-electron chi connectivity index (χ2n) is 13.9. The van der Waals surface area contributed by atoms with Crippen LogP contribution in [0, 0.1) is 5.82 Å². The zero-order valence-electron chi connectivity index (χ0n) is 29.0. The minimum atomic E-state index is -4.14. The quantitative estimate of drug-likeness (QED) is 0.327. The molecule has 3 fully saturated rings. The van der Waals surface area contributed by atoms with Crippen LogP contribution in [0.3, 0.4) is 0 Å². The zero-order chi connectivity index (χ0) is 35.9. The zero-order valence-corrected chi connectivity index (χ0v) is 29.8. The Bertz CT molecular complexity index is 1990. The van der Waals surface area contributed by atoms with Crippen LogP contribution in [0.2, 0.25) is 0 Å². The second kappa shape index (κ2) is 14.5. The van der Waals surface area contributed by atoms with Gasteiger partial charge in [-0.1, -0.05) is 0 Å². The predicted octanol–water partition coefficient (Wildman–Crippen LogP) is 3.29. The number of piperazine rings is 1. The first-order valence-electron chi connectivity index (χ1n) is 17.7. The lowest BCUT2D eigenvalue weighted by molar-refractivity contribution is 0.0725. The number of amides is 2. The maximum atomic E-state index is 16.3. The van der Waals surface area contributed by atoms with E-state index < -0.39 is 39.2 Å². The van der Waals surface area contributed by atoms with Crippen molar-refractivity contribution in [3.8, 4) is 5.75 Å². The molecule has 7 rings (SSSR count). The Morgan fingerprint density at radius 3 is 2.47 bits per heavy atom. The van der Waals surface area contributed by atoms with Crippen molar-refractivity contribution >= 4 is 38.7 Å². The predicted molar refractivity (Wildman–Crippen MR) is 188 cm³/mol. The molecule has 1 N–H and O–H groups in total. The number of carbonyl (C=O) groups is 2. The average molecular weight is 726 g/mol.